The lowest BCUT2D eigenvalue weighted by atomic mass is 9.85. The first-order chi connectivity index (χ1) is 10.5. The van der Waals surface area contributed by atoms with E-state index in [1.165, 1.54) is 0 Å². The number of amides is 2. The molecule has 1 N–H and O–H groups in total. The van der Waals surface area contributed by atoms with E-state index in [4.69, 9.17) is 14.2 Å². The van der Waals surface area contributed by atoms with Crippen molar-refractivity contribution in [1.82, 2.24) is 5.32 Å². The van der Waals surface area contributed by atoms with Gasteiger partial charge in [0.2, 0.25) is 0 Å². The van der Waals surface area contributed by atoms with Gasteiger partial charge in [0.15, 0.2) is 0 Å². The molecule has 0 aromatic rings. The lowest BCUT2D eigenvalue weighted by Crippen LogP contribution is -2.37. The van der Waals surface area contributed by atoms with Crippen LogP contribution in [0.15, 0.2) is 11.6 Å². The molecule has 2 unspecified atom stereocenters. The quantitative estimate of drug-likeness (QED) is 0.561. The second kappa shape index (κ2) is 7.51. The van der Waals surface area contributed by atoms with Crippen LogP contribution in [-0.4, -0.2) is 50.8 Å². The molecule has 7 heteroatoms. The monoisotopic (exact) mass is 311 g/mol. The van der Waals surface area contributed by atoms with Gasteiger partial charge in [0, 0.05) is 38.2 Å². The summed E-state index contributed by atoms with van der Waals surface area (Å²) >= 11 is 0. The van der Waals surface area contributed by atoms with Crippen molar-refractivity contribution in [1.29, 1.82) is 0 Å². The Kier molecular flexibility index (Phi) is 5.68. The summed E-state index contributed by atoms with van der Waals surface area (Å²) in [6, 6.07) is 0. The van der Waals surface area contributed by atoms with Crippen molar-refractivity contribution in [2.45, 2.75) is 37.9 Å². The molecule has 122 valence electrons. The zero-order chi connectivity index (χ0) is 16.1. The average molecular weight is 311 g/mol. The van der Waals surface area contributed by atoms with Crippen molar-refractivity contribution in [3.63, 3.8) is 0 Å². The molecule has 1 aliphatic carbocycles. The summed E-state index contributed by atoms with van der Waals surface area (Å²) in [5.41, 5.74) is 0.140. The molecule has 2 rings (SSSR count). The molecule has 1 heterocycles. The molecule has 3 atom stereocenters. The van der Waals surface area contributed by atoms with E-state index < -0.39 is 17.8 Å². The Balaban J connectivity index is 1.79. The predicted molar refractivity (Wildman–Crippen MR) is 75.7 cm³/mol. The highest BCUT2D eigenvalue weighted by atomic mass is 16.5. The van der Waals surface area contributed by atoms with Gasteiger partial charge in [-0.25, -0.2) is 0 Å². The van der Waals surface area contributed by atoms with Crippen molar-refractivity contribution in [2.75, 3.05) is 20.8 Å². The van der Waals surface area contributed by atoms with E-state index in [1.807, 2.05) is 0 Å². The number of nitrogens with one attached hydrogen (secondary N) is 1. The highest BCUT2D eigenvalue weighted by Crippen LogP contribution is 2.28. The number of methoxy groups -OCH3 is 2. The lowest BCUT2D eigenvalue weighted by Gasteiger charge is -2.34. The van der Waals surface area contributed by atoms with E-state index in [0.717, 1.165) is 25.3 Å². The number of esters is 1. The molecule has 1 aliphatic heterocycles. The predicted octanol–water partition coefficient (Wildman–Crippen LogP) is 0.333. The standard InChI is InChI=1S/C15H21NO6/c1-20-11-4-3-9(12(7-11)21-2)8-22-14(18)6-10-5-13(17)16-15(10)19/h5,9,11-12H,3-4,6-8H2,1-2H3,(H,16,17,19)/t9-,11?,12?/m0/s1. The van der Waals surface area contributed by atoms with Crippen LogP contribution in [0.4, 0.5) is 0 Å². The van der Waals surface area contributed by atoms with Crippen LogP contribution in [-0.2, 0) is 28.6 Å². The van der Waals surface area contributed by atoms with Gasteiger partial charge in [0.25, 0.3) is 11.8 Å². The zero-order valence-electron chi connectivity index (χ0n) is 12.8. The third kappa shape index (κ3) is 4.14. The van der Waals surface area contributed by atoms with Gasteiger partial charge in [0.1, 0.15) is 0 Å². The number of ether oxygens (including phenoxy) is 3. The van der Waals surface area contributed by atoms with Gasteiger partial charge >= 0.3 is 5.97 Å². The van der Waals surface area contributed by atoms with Crippen LogP contribution in [0.5, 0.6) is 0 Å². The number of carbonyl (C=O) groups excluding carboxylic acids is 3. The molecular weight excluding hydrogens is 290 g/mol. The smallest absolute Gasteiger partial charge is 0.310 e. The van der Waals surface area contributed by atoms with Gasteiger partial charge < -0.3 is 14.2 Å². The highest BCUT2D eigenvalue weighted by Gasteiger charge is 2.32. The fourth-order valence-corrected chi connectivity index (χ4v) is 2.84. The highest BCUT2D eigenvalue weighted by molar-refractivity contribution is 6.17. The topological polar surface area (TPSA) is 90.9 Å². The Morgan fingerprint density at radius 3 is 2.64 bits per heavy atom. The molecule has 7 nitrogen and oxygen atoms in total. The zero-order valence-corrected chi connectivity index (χ0v) is 12.8. The second-order valence-electron chi connectivity index (χ2n) is 5.55. The molecule has 2 aliphatic rings. The summed E-state index contributed by atoms with van der Waals surface area (Å²) in [6.07, 6.45) is 3.63. The van der Waals surface area contributed by atoms with Crippen LogP contribution in [0.1, 0.15) is 25.7 Å². The third-order valence-electron chi connectivity index (χ3n) is 4.14. The minimum absolute atomic E-state index is 0.0120. The van der Waals surface area contributed by atoms with Gasteiger partial charge in [-0.1, -0.05) is 0 Å². The SMILES string of the molecule is COC1CC[C@@H](COC(=O)CC2=CC(=O)NC2=O)C(OC)C1. The number of hydrogen-bond acceptors (Lipinski definition) is 6. The molecule has 0 aromatic carbocycles. The summed E-state index contributed by atoms with van der Waals surface area (Å²) in [4.78, 5) is 34.1. The number of rotatable bonds is 6. The number of hydrogen-bond donors (Lipinski definition) is 1. The third-order valence-corrected chi connectivity index (χ3v) is 4.14. The molecular formula is C15H21NO6. The first-order valence-corrected chi connectivity index (χ1v) is 7.30. The Morgan fingerprint density at radius 2 is 2.05 bits per heavy atom. The summed E-state index contributed by atoms with van der Waals surface area (Å²) in [5, 5.41) is 2.09. The van der Waals surface area contributed by atoms with Gasteiger partial charge in [-0.3, -0.25) is 19.7 Å². The van der Waals surface area contributed by atoms with E-state index >= 15 is 0 Å². The second-order valence-corrected chi connectivity index (χ2v) is 5.55. The summed E-state index contributed by atoms with van der Waals surface area (Å²) < 4.78 is 16.0. The first kappa shape index (κ1) is 16.6. The molecule has 2 amide bonds. The Hall–Kier alpha value is -1.73. The summed E-state index contributed by atoms with van der Waals surface area (Å²) in [5.74, 6) is -1.42. The first-order valence-electron chi connectivity index (χ1n) is 7.30. The van der Waals surface area contributed by atoms with Crippen LogP contribution >= 0.6 is 0 Å². The van der Waals surface area contributed by atoms with E-state index in [9.17, 15) is 14.4 Å². The van der Waals surface area contributed by atoms with Gasteiger partial charge in [-0.05, 0) is 12.8 Å². The van der Waals surface area contributed by atoms with E-state index in [-0.39, 0.29) is 36.7 Å². The maximum absolute atomic E-state index is 11.8. The van der Waals surface area contributed by atoms with E-state index in [2.05, 4.69) is 5.32 Å². The van der Waals surface area contributed by atoms with Crippen molar-refractivity contribution in [3.05, 3.63) is 11.6 Å². The van der Waals surface area contributed by atoms with E-state index in [1.54, 1.807) is 14.2 Å². The minimum Gasteiger partial charge on any atom is -0.465 e. The molecule has 0 spiro atoms. The van der Waals surface area contributed by atoms with Crippen LogP contribution in [0.25, 0.3) is 0 Å². The van der Waals surface area contributed by atoms with Crippen LogP contribution in [0.2, 0.25) is 0 Å². The largest absolute Gasteiger partial charge is 0.465 e. The Morgan fingerprint density at radius 1 is 1.27 bits per heavy atom. The summed E-state index contributed by atoms with van der Waals surface area (Å²) in [7, 11) is 3.32. The molecule has 0 bridgehead atoms. The number of carbonyl (C=O) groups is 3. The van der Waals surface area contributed by atoms with Crippen molar-refractivity contribution in [3.8, 4) is 0 Å². The van der Waals surface area contributed by atoms with Crippen molar-refractivity contribution < 1.29 is 28.6 Å². The lowest BCUT2D eigenvalue weighted by molar-refractivity contribution is -0.148. The van der Waals surface area contributed by atoms with Gasteiger partial charge in [-0.2, -0.15) is 0 Å². The fourth-order valence-electron chi connectivity index (χ4n) is 2.84. The average Bonchev–Trinajstić information content (AvgIpc) is 2.82. The number of imide groups is 1. The molecule has 0 aromatic heterocycles. The van der Waals surface area contributed by atoms with E-state index in [0.29, 0.717) is 0 Å². The Bertz CT molecular complexity index is 486. The maximum Gasteiger partial charge on any atom is 0.310 e. The van der Waals surface area contributed by atoms with Crippen LogP contribution in [0.3, 0.4) is 0 Å². The van der Waals surface area contributed by atoms with Crippen LogP contribution in [0, 0.1) is 5.92 Å². The molecule has 22 heavy (non-hydrogen) atoms. The van der Waals surface area contributed by atoms with Crippen molar-refractivity contribution >= 4 is 17.8 Å². The summed E-state index contributed by atoms with van der Waals surface area (Å²) in [6.45, 7) is 0.247. The Labute approximate surface area is 129 Å². The molecule has 1 fully saturated rings. The van der Waals surface area contributed by atoms with Gasteiger partial charge in [-0.15, -0.1) is 0 Å². The van der Waals surface area contributed by atoms with Crippen LogP contribution < -0.4 is 5.32 Å². The minimum atomic E-state index is -0.530. The van der Waals surface area contributed by atoms with Gasteiger partial charge in [0.05, 0.1) is 25.2 Å². The molecule has 1 saturated carbocycles. The maximum atomic E-state index is 11.8. The fraction of sp³-hybridized carbons (Fsp3) is 0.667. The molecule has 0 radical (unpaired) electrons. The van der Waals surface area contributed by atoms with Crippen molar-refractivity contribution in [2.24, 2.45) is 5.92 Å². The molecule has 0 saturated heterocycles. The normalized spacial score (nSPS) is 28.3.